The average molecular weight is 399 g/mol. The highest BCUT2D eigenvalue weighted by molar-refractivity contribution is 6.09. The zero-order valence-electron chi connectivity index (χ0n) is 16.1. The molecule has 5 rings (SSSR count). The molecule has 0 aliphatic heterocycles. The lowest BCUT2D eigenvalue weighted by molar-refractivity contribution is -0.117. The Labute approximate surface area is 171 Å². The molecule has 8 nitrogen and oxygen atoms in total. The van der Waals surface area contributed by atoms with Crippen LogP contribution in [0.25, 0.3) is 16.8 Å². The largest absolute Gasteiger partial charge is 0.481 e. The summed E-state index contributed by atoms with van der Waals surface area (Å²) in [6, 6.07) is 14.6. The van der Waals surface area contributed by atoms with Crippen molar-refractivity contribution in [2.45, 2.75) is 12.3 Å². The topological polar surface area (TPSA) is 98.5 Å². The van der Waals surface area contributed by atoms with Gasteiger partial charge in [0.1, 0.15) is 0 Å². The van der Waals surface area contributed by atoms with E-state index in [2.05, 4.69) is 20.4 Å². The number of hydrogen-bond donors (Lipinski definition) is 1. The Hall–Kier alpha value is -4.07. The third-order valence-electron chi connectivity index (χ3n) is 5.18. The molecule has 0 fully saturated rings. The van der Waals surface area contributed by atoms with Crippen LogP contribution < -0.4 is 10.1 Å². The molecule has 0 saturated carbocycles. The molecule has 0 saturated heterocycles. The van der Waals surface area contributed by atoms with Crippen LogP contribution in [0.3, 0.4) is 0 Å². The van der Waals surface area contributed by atoms with Gasteiger partial charge in [-0.15, -0.1) is 5.10 Å². The van der Waals surface area contributed by atoms with Gasteiger partial charge in [0.2, 0.25) is 17.7 Å². The highest BCUT2D eigenvalue weighted by atomic mass is 16.5. The second kappa shape index (κ2) is 7.07. The number of carbonyl (C=O) groups excluding carboxylic acids is 2. The first-order valence-corrected chi connectivity index (χ1v) is 9.43. The van der Waals surface area contributed by atoms with E-state index in [1.165, 1.54) is 0 Å². The number of Topliss-reactive ketones (excluding diaryl/α,β-unsaturated/α-hetero) is 1. The summed E-state index contributed by atoms with van der Waals surface area (Å²) in [6.45, 7) is 0. The van der Waals surface area contributed by atoms with Crippen LogP contribution in [0.4, 0.5) is 5.95 Å². The molecule has 0 bridgehead atoms. The van der Waals surface area contributed by atoms with Gasteiger partial charge in [0, 0.05) is 35.5 Å². The van der Waals surface area contributed by atoms with Crippen molar-refractivity contribution in [3.63, 3.8) is 0 Å². The van der Waals surface area contributed by atoms with Gasteiger partial charge in [0.15, 0.2) is 11.4 Å². The van der Waals surface area contributed by atoms with Gasteiger partial charge in [-0.2, -0.15) is 4.98 Å². The molecular weight excluding hydrogens is 382 g/mol. The molecule has 148 valence electrons. The third kappa shape index (κ3) is 2.98. The molecule has 0 spiro atoms. The van der Waals surface area contributed by atoms with E-state index < -0.39 is 5.92 Å². The van der Waals surface area contributed by atoms with Gasteiger partial charge in [0.25, 0.3) is 0 Å². The van der Waals surface area contributed by atoms with Crippen molar-refractivity contribution in [1.29, 1.82) is 0 Å². The SMILES string of the molecule is COc1ncccc1-c1ccc2nc(NC(=O)[C@H]3CC(=O)c4ccccc43)nn2c1. The predicted molar refractivity (Wildman–Crippen MR) is 110 cm³/mol. The first-order valence-electron chi connectivity index (χ1n) is 9.43. The summed E-state index contributed by atoms with van der Waals surface area (Å²) in [5.74, 6) is -0.153. The Bertz CT molecular complexity index is 1300. The molecule has 4 aromatic rings. The number of nitrogens with one attached hydrogen (secondary N) is 1. The van der Waals surface area contributed by atoms with Crippen molar-refractivity contribution in [2.24, 2.45) is 0 Å². The Morgan fingerprint density at radius 1 is 1.13 bits per heavy atom. The number of nitrogens with zero attached hydrogens (tertiary/aromatic N) is 4. The van der Waals surface area contributed by atoms with Gasteiger partial charge in [-0.3, -0.25) is 14.9 Å². The summed E-state index contributed by atoms with van der Waals surface area (Å²) < 4.78 is 6.91. The number of benzene rings is 1. The zero-order valence-corrected chi connectivity index (χ0v) is 16.1. The molecule has 30 heavy (non-hydrogen) atoms. The van der Waals surface area contributed by atoms with E-state index in [9.17, 15) is 9.59 Å². The quantitative estimate of drug-likeness (QED) is 0.566. The number of fused-ring (bicyclic) bond motifs is 2. The van der Waals surface area contributed by atoms with Gasteiger partial charge >= 0.3 is 0 Å². The summed E-state index contributed by atoms with van der Waals surface area (Å²) in [6.07, 6.45) is 3.62. The molecule has 1 aromatic carbocycles. The minimum atomic E-state index is -0.532. The standard InChI is InChI=1S/C22H17N5O3/c1-30-21-14(7-4-10-23-21)13-8-9-19-24-22(26-27(19)12-13)25-20(29)17-11-18(28)16-6-3-2-5-15(16)17/h2-10,12,17H,11H2,1H3,(H,25,26,29)/t17-/m0/s1. The Balaban J connectivity index is 1.42. The number of pyridine rings is 2. The molecule has 1 aliphatic carbocycles. The van der Waals surface area contributed by atoms with Gasteiger partial charge < -0.3 is 4.74 Å². The maximum atomic E-state index is 12.8. The number of hydrogen-bond acceptors (Lipinski definition) is 6. The number of carbonyl (C=O) groups is 2. The molecule has 1 N–H and O–H groups in total. The lowest BCUT2D eigenvalue weighted by Crippen LogP contribution is -2.20. The summed E-state index contributed by atoms with van der Waals surface area (Å²) in [5, 5.41) is 7.11. The number of ketones is 1. The van der Waals surface area contributed by atoms with Crippen molar-refractivity contribution >= 4 is 23.3 Å². The normalized spacial score (nSPS) is 15.2. The van der Waals surface area contributed by atoms with Crippen molar-refractivity contribution in [2.75, 3.05) is 12.4 Å². The number of anilines is 1. The number of ether oxygens (including phenoxy) is 1. The molecular formula is C22H17N5O3. The molecule has 3 aromatic heterocycles. The maximum Gasteiger partial charge on any atom is 0.249 e. The van der Waals surface area contributed by atoms with E-state index in [4.69, 9.17) is 4.74 Å². The number of amides is 1. The van der Waals surface area contributed by atoms with E-state index in [1.54, 1.807) is 42.2 Å². The smallest absolute Gasteiger partial charge is 0.249 e. The van der Waals surface area contributed by atoms with Crippen molar-refractivity contribution in [3.8, 4) is 17.0 Å². The van der Waals surface area contributed by atoms with Crippen LogP contribution in [0.15, 0.2) is 60.9 Å². The van der Waals surface area contributed by atoms with Gasteiger partial charge in [0.05, 0.1) is 13.0 Å². The van der Waals surface area contributed by atoms with E-state index in [0.717, 1.165) is 16.7 Å². The van der Waals surface area contributed by atoms with Gasteiger partial charge in [-0.1, -0.05) is 24.3 Å². The van der Waals surface area contributed by atoms with Crippen LogP contribution in [0.5, 0.6) is 5.88 Å². The summed E-state index contributed by atoms with van der Waals surface area (Å²) in [4.78, 5) is 33.5. The Morgan fingerprint density at radius 3 is 2.83 bits per heavy atom. The summed E-state index contributed by atoms with van der Waals surface area (Å²) >= 11 is 0. The third-order valence-corrected chi connectivity index (χ3v) is 5.18. The lowest BCUT2D eigenvalue weighted by atomic mass is 10.0. The second-order valence-electron chi connectivity index (χ2n) is 6.97. The van der Waals surface area contributed by atoms with Crippen LogP contribution in [-0.4, -0.2) is 38.4 Å². The van der Waals surface area contributed by atoms with E-state index in [-0.39, 0.29) is 24.1 Å². The maximum absolute atomic E-state index is 12.8. The van der Waals surface area contributed by atoms with E-state index in [1.807, 2.05) is 30.3 Å². The molecule has 1 aliphatic rings. The highest BCUT2D eigenvalue weighted by Gasteiger charge is 2.34. The second-order valence-corrected chi connectivity index (χ2v) is 6.97. The minimum Gasteiger partial charge on any atom is -0.481 e. The number of rotatable bonds is 4. The lowest BCUT2D eigenvalue weighted by Gasteiger charge is -2.09. The molecule has 8 heteroatoms. The van der Waals surface area contributed by atoms with Crippen LogP contribution in [0, 0.1) is 0 Å². The van der Waals surface area contributed by atoms with Gasteiger partial charge in [-0.05, 0) is 29.8 Å². The summed E-state index contributed by atoms with van der Waals surface area (Å²) in [7, 11) is 1.57. The molecule has 1 atom stereocenters. The molecule has 0 radical (unpaired) electrons. The summed E-state index contributed by atoms with van der Waals surface area (Å²) in [5.41, 5.74) is 3.61. The monoisotopic (exact) mass is 399 g/mol. The van der Waals surface area contributed by atoms with E-state index in [0.29, 0.717) is 17.1 Å². The van der Waals surface area contributed by atoms with Crippen LogP contribution in [-0.2, 0) is 4.79 Å². The van der Waals surface area contributed by atoms with Crippen LogP contribution >= 0.6 is 0 Å². The van der Waals surface area contributed by atoms with Crippen LogP contribution in [0.2, 0.25) is 0 Å². The molecule has 0 unspecified atom stereocenters. The Kier molecular flexibility index (Phi) is 4.24. The van der Waals surface area contributed by atoms with E-state index >= 15 is 0 Å². The number of methoxy groups -OCH3 is 1. The van der Waals surface area contributed by atoms with Gasteiger partial charge in [-0.25, -0.2) is 9.50 Å². The van der Waals surface area contributed by atoms with Crippen molar-refractivity contribution in [1.82, 2.24) is 19.6 Å². The fourth-order valence-electron chi connectivity index (χ4n) is 3.76. The predicted octanol–water partition coefficient (Wildman–Crippen LogP) is 3.11. The molecule has 3 heterocycles. The molecule has 1 amide bonds. The first-order chi connectivity index (χ1) is 14.6. The zero-order chi connectivity index (χ0) is 20.7. The van der Waals surface area contributed by atoms with Crippen molar-refractivity contribution < 1.29 is 14.3 Å². The number of aromatic nitrogens is 4. The fraction of sp³-hybridized carbons (Fsp3) is 0.136. The minimum absolute atomic E-state index is 0.0243. The van der Waals surface area contributed by atoms with Crippen molar-refractivity contribution in [3.05, 3.63) is 72.1 Å². The first kappa shape index (κ1) is 18.0. The average Bonchev–Trinajstić information content (AvgIpc) is 3.33. The fourth-order valence-corrected chi connectivity index (χ4v) is 3.76. The highest BCUT2D eigenvalue weighted by Crippen LogP contribution is 2.33. The van der Waals surface area contributed by atoms with Crippen LogP contribution in [0.1, 0.15) is 28.3 Å². The Morgan fingerprint density at radius 2 is 1.97 bits per heavy atom.